The molecule has 0 radical (unpaired) electrons. The van der Waals surface area contributed by atoms with Crippen molar-refractivity contribution in [2.75, 3.05) is 31.1 Å². The number of anilines is 1. The Labute approximate surface area is 226 Å². The van der Waals surface area contributed by atoms with Crippen LogP contribution in [0.25, 0.3) is 11.1 Å². The Morgan fingerprint density at radius 2 is 1.68 bits per heavy atom. The van der Waals surface area contributed by atoms with Gasteiger partial charge in [0.05, 0.1) is 18.7 Å². The van der Waals surface area contributed by atoms with E-state index in [2.05, 4.69) is 55.3 Å². The first kappa shape index (κ1) is 29.0. The predicted molar refractivity (Wildman–Crippen MR) is 149 cm³/mol. The van der Waals surface area contributed by atoms with E-state index in [9.17, 15) is 14.7 Å². The van der Waals surface area contributed by atoms with Gasteiger partial charge in [0.25, 0.3) is 0 Å². The van der Waals surface area contributed by atoms with Crippen molar-refractivity contribution in [2.45, 2.75) is 59.8 Å². The second-order valence-corrected chi connectivity index (χ2v) is 11.4. The molecule has 0 aliphatic carbocycles. The fourth-order valence-corrected chi connectivity index (χ4v) is 4.76. The Morgan fingerprint density at radius 1 is 1.08 bits per heavy atom. The number of benzene rings is 2. The molecule has 1 fully saturated rings. The van der Waals surface area contributed by atoms with Gasteiger partial charge in [-0.1, -0.05) is 71.0 Å². The van der Waals surface area contributed by atoms with Crippen LogP contribution < -0.4 is 10.2 Å². The van der Waals surface area contributed by atoms with Gasteiger partial charge in [0.15, 0.2) is 0 Å². The fraction of sp³-hybridized carbons (Fsp3) is 0.500. The normalized spacial score (nSPS) is 16.7. The minimum atomic E-state index is -0.855. The molecule has 204 valence electrons. The topological polar surface area (TPSA) is 106 Å². The number of carbonyl (C=O) groups excluding carboxylic acids is 1. The molecular weight excluding hydrogens is 480 g/mol. The lowest BCUT2D eigenvalue weighted by atomic mass is 9.84. The number of hydrogen-bond acceptors (Lipinski definition) is 5. The number of hydrogen-bond donors (Lipinski definition) is 2. The maximum absolute atomic E-state index is 12.3. The zero-order valence-corrected chi connectivity index (χ0v) is 23.1. The molecule has 2 amide bonds. The number of rotatable bonds is 9. The molecule has 2 aromatic carbocycles. The van der Waals surface area contributed by atoms with Gasteiger partial charge in [-0.05, 0) is 46.6 Å². The summed E-state index contributed by atoms with van der Waals surface area (Å²) in [5.74, 6) is 0.0359. The average molecular weight is 521 g/mol. The van der Waals surface area contributed by atoms with Gasteiger partial charge in [-0.3, -0.25) is 4.79 Å². The molecule has 2 atom stereocenters. The molecular formula is C30H40N4O4. The number of nitrogens with zero attached hydrogens (tertiary/aromatic N) is 3. The minimum Gasteiger partial charge on any atom is -0.465 e. The van der Waals surface area contributed by atoms with Gasteiger partial charge in [0.2, 0.25) is 5.91 Å². The standard InChI is InChI=1S/C30H40N4O4/c1-21(2)18-26(28(35)32-15-14-31)38-20-22-6-8-23(9-7-22)24-10-12-25(13-11-24)33-16-17-34(29(36)37)27(19-33)30(3,4)5/h6-13,21,26-27H,15-20H2,1-5H3,(H,32,35)(H,36,37). The number of amides is 2. The third-order valence-corrected chi connectivity index (χ3v) is 6.92. The average Bonchev–Trinajstić information content (AvgIpc) is 2.89. The van der Waals surface area contributed by atoms with E-state index in [0.717, 1.165) is 22.4 Å². The zero-order valence-electron chi connectivity index (χ0n) is 23.1. The number of carbonyl (C=O) groups is 2. The second kappa shape index (κ2) is 12.8. The number of ether oxygens (including phenoxy) is 1. The van der Waals surface area contributed by atoms with Gasteiger partial charge in [-0.25, -0.2) is 4.79 Å². The summed E-state index contributed by atoms with van der Waals surface area (Å²) in [6, 6.07) is 18.3. The molecule has 38 heavy (non-hydrogen) atoms. The summed E-state index contributed by atoms with van der Waals surface area (Å²) in [4.78, 5) is 27.9. The van der Waals surface area contributed by atoms with Gasteiger partial charge in [0, 0.05) is 25.3 Å². The fourth-order valence-electron chi connectivity index (χ4n) is 4.76. The van der Waals surface area contributed by atoms with E-state index in [4.69, 9.17) is 10.00 Å². The van der Waals surface area contributed by atoms with Crippen molar-refractivity contribution in [2.24, 2.45) is 11.3 Å². The van der Waals surface area contributed by atoms with Crippen molar-refractivity contribution in [1.29, 1.82) is 5.26 Å². The van der Waals surface area contributed by atoms with Crippen LogP contribution in [-0.2, 0) is 16.1 Å². The first-order valence-electron chi connectivity index (χ1n) is 13.2. The highest BCUT2D eigenvalue weighted by Gasteiger charge is 2.38. The van der Waals surface area contributed by atoms with Crippen LogP contribution in [0.1, 0.15) is 46.6 Å². The van der Waals surface area contributed by atoms with E-state index in [1.165, 1.54) is 0 Å². The van der Waals surface area contributed by atoms with E-state index < -0.39 is 12.2 Å². The summed E-state index contributed by atoms with van der Waals surface area (Å²) in [6.07, 6.45) is -0.860. The summed E-state index contributed by atoms with van der Waals surface area (Å²) in [5.41, 5.74) is 4.07. The van der Waals surface area contributed by atoms with Crippen LogP contribution in [-0.4, -0.2) is 60.3 Å². The molecule has 1 saturated heterocycles. The van der Waals surface area contributed by atoms with Crippen LogP contribution in [0.3, 0.4) is 0 Å². The smallest absolute Gasteiger partial charge is 0.407 e. The van der Waals surface area contributed by atoms with E-state index in [-0.39, 0.29) is 23.9 Å². The Hall–Kier alpha value is -3.57. The summed E-state index contributed by atoms with van der Waals surface area (Å²) in [5, 5.41) is 21.0. The molecule has 2 N–H and O–H groups in total. The lowest BCUT2D eigenvalue weighted by Gasteiger charge is -2.46. The maximum Gasteiger partial charge on any atom is 0.407 e. The molecule has 1 heterocycles. The first-order chi connectivity index (χ1) is 18.0. The molecule has 0 aromatic heterocycles. The number of nitriles is 1. The molecule has 0 saturated carbocycles. The van der Waals surface area contributed by atoms with Crippen LogP contribution in [0.2, 0.25) is 0 Å². The van der Waals surface area contributed by atoms with Crippen LogP contribution in [0.15, 0.2) is 48.5 Å². The largest absolute Gasteiger partial charge is 0.465 e. The van der Waals surface area contributed by atoms with Gasteiger partial charge in [-0.15, -0.1) is 0 Å². The van der Waals surface area contributed by atoms with Crippen molar-refractivity contribution < 1.29 is 19.4 Å². The van der Waals surface area contributed by atoms with Crippen LogP contribution in [0.4, 0.5) is 10.5 Å². The monoisotopic (exact) mass is 520 g/mol. The van der Waals surface area contributed by atoms with Crippen molar-refractivity contribution in [3.8, 4) is 17.2 Å². The minimum absolute atomic E-state index is 0.0278. The molecule has 3 rings (SSSR count). The molecule has 1 aliphatic heterocycles. The van der Waals surface area contributed by atoms with E-state index in [1.807, 2.05) is 44.2 Å². The van der Waals surface area contributed by atoms with E-state index in [1.54, 1.807) is 4.90 Å². The molecule has 8 heteroatoms. The highest BCUT2D eigenvalue weighted by Crippen LogP contribution is 2.31. The van der Waals surface area contributed by atoms with E-state index in [0.29, 0.717) is 38.6 Å². The number of carboxylic acid groups (broad SMARTS) is 1. The highest BCUT2D eigenvalue weighted by molar-refractivity contribution is 5.81. The van der Waals surface area contributed by atoms with Gasteiger partial charge in [-0.2, -0.15) is 5.26 Å². The molecule has 0 bridgehead atoms. The SMILES string of the molecule is CC(C)CC(OCc1ccc(-c2ccc(N3CCN(C(=O)O)C(C(C)(C)C)C3)cc2)cc1)C(=O)NCC#N. The molecule has 0 spiro atoms. The van der Waals surface area contributed by atoms with E-state index >= 15 is 0 Å². The Morgan fingerprint density at radius 3 is 2.21 bits per heavy atom. The molecule has 2 aromatic rings. The van der Waals surface area contributed by atoms with Gasteiger partial charge in [0.1, 0.15) is 12.6 Å². The van der Waals surface area contributed by atoms with Crippen LogP contribution in [0, 0.1) is 22.7 Å². The third-order valence-electron chi connectivity index (χ3n) is 6.92. The number of nitrogens with one attached hydrogen (secondary N) is 1. The highest BCUT2D eigenvalue weighted by atomic mass is 16.5. The first-order valence-corrected chi connectivity index (χ1v) is 13.2. The molecule has 2 unspecified atom stereocenters. The maximum atomic E-state index is 12.3. The van der Waals surface area contributed by atoms with Crippen LogP contribution in [0.5, 0.6) is 0 Å². The summed E-state index contributed by atoms with van der Waals surface area (Å²) in [7, 11) is 0. The molecule has 1 aliphatic rings. The third kappa shape index (κ3) is 7.72. The predicted octanol–water partition coefficient (Wildman–Crippen LogP) is 5.14. The van der Waals surface area contributed by atoms with Crippen molar-refractivity contribution in [3.63, 3.8) is 0 Å². The summed E-state index contributed by atoms with van der Waals surface area (Å²) >= 11 is 0. The van der Waals surface area contributed by atoms with Crippen molar-refractivity contribution in [1.82, 2.24) is 10.2 Å². The summed E-state index contributed by atoms with van der Waals surface area (Å²) < 4.78 is 5.91. The lowest BCUT2D eigenvalue weighted by molar-refractivity contribution is -0.134. The van der Waals surface area contributed by atoms with Crippen molar-refractivity contribution in [3.05, 3.63) is 54.1 Å². The van der Waals surface area contributed by atoms with Gasteiger partial charge < -0.3 is 25.0 Å². The lowest BCUT2D eigenvalue weighted by Crippen LogP contribution is -2.59. The quantitative estimate of drug-likeness (QED) is 0.444. The second-order valence-electron chi connectivity index (χ2n) is 11.4. The number of piperazine rings is 1. The Bertz CT molecular complexity index is 1120. The van der Waals surface area contributed by atoms with Crippen LogP contribution >= 0.6 is 0 Å². The zero-order chi connectivity index (χ0) is 27.9. The Balaban J connectivity index is 1.63. The van der Waals surface area contributed by atoms with Gasteiger partial charge >= 0.3 is 6.09 Å². The van der Waals surface area contributed by atoms with Crippen molar-refractivity contribution >= 4 is 17.7 Å². The Kier molecular flexibility index (Phi) is 9.76. The molecule has 8 nitrogen and oxygen atoms in total. The summed E-state index contributed by atoms with van der Waals surface area (Å²) in [6.45, 7) is 12.4.